The Labute approximate surface area is 535 Å². The number of ether oxygens (including phenoxy) is 3. The van der Waals surface area contributed by atoms with Crippen LogP contribution in [0.15, 0.2) is 188 Å². The fourth-order valence-corrected chi connectivity index (χ4v) is 17.1. The van der Waals surface area contributed by atoms with Crippen molar-refractivity contribution in [3.8, 4) is 34.5 Å². The number of rotatable bonds is 3. The van der Waals surface area contributed by atoms with E-state index in [-0.39, 0.29) is 95.8 Å². The van der Waals surface area contributed by atoms with Gasteiger partial charge < -0.3 is 28.9 Å². The fraction of sp³-hybridized carbons (Fsp3) is 0.0725. The molecule has 12 aromatic rings. The van der Waals surface area contributed by atoms with Gasteiger partial charge in [-0.1, -0.05) is 66.7 Å². The van der Waals surface area contributed by atoms with Gasteiger partial charge in [0.2, 0.25) is 0 Å². The summed E-state index contributed by atoms with van der Waals surface area (Å²) in [7, 11) is 0. The maximum absolute atomic E-state index is 15.8. The number of alkyl halides is 15. The first-order valence-electron chi connectivity index (χ1n) is 29.2. The van der Waals surface area contributed by atoms with Crippen LogP contribution in [-0.2, 0) is 30.9 Å². The van der Waals surface area contributed by atoms with Gasteiger partial charge in [-0.3, -0.25) is 0 Å². The molecule has 26 heteroatoms. The van der Waals surface area contributed by atoms with Crippen molar-refractivity contribution in [2.45, 2.75) is 30.9 Å². The molecule has 0 radical (unpaired) electrons. The maximum atomic E-state index is 15.8. The van der Waals surface area contributed by atoms with Crippen molar-refractivity contribution in [3.63, 3.8) is 0 Å². The minimum Gasteiger partial charge on any atom is -0.458 e. The second-order valence-electron chi connectivity index (χ2n) is 23.8. The molecule has 6 nitrogen and oxygen atoms in total. The zero-order chi connectivity index (χ0) is 65.5. The van der Waals surface area contributed by atoms with Gasteiger partial charge in [-0.2, -0.15) is 65.9 Å². The van der Waals surface area contributed by atoms with E-state index in [1.165, 1.54) is 18.2 Å². The summed E-state index contributed by atoms with van der Waals surface area (Å²) in [6.45, 7) is -3.36. The smallest absolute Gasteiger partial charge is 0.416 e. The lowest BCUT2D eigenvalue weighted by Gasteiger charge is -2.45. The van der Waals surface area contributed by atoms with E-state index in [0.29, 0.717) is 57.9 Å². The highest BCUT2D eigenvalue weighted by Crippen LogP contribution is 2.53. The van der Waals surface area contributed by atoms with Crippen LogP contribution in [-0.4, -0.2) is 20.1 Å². The first-order valence-corrected chi connectivity index (χ1v) is 30.9. The number of halogens is 15. The zero-order valence-corrected chi connectivity index (χ0v) is 49.3. The number of anilines is 9. The number of hydrogen-bond acceptors (Lipinski definition) is 8. The van der Waals surface area contributed by atoms with Gasteiger partial charge in [0.15, 0.2) is 0 Å². The van der Waals surface area contributed by atoms with Crippen LogP contribution >= 0.6 is 22.7 Å². The number of benzene rings is 10. The molecular formula is C69H31B3F15N3O3S2. The Kier molecular flexibility index (Phi) is 11.8. The first-order chi connectivity index (χ1) is 45.2. The van der Waals surface area contributed by atoms with E-state index in [2.05, 4.69) is 0 Å². The Bertz CT molecular complexity index is 5350. The van der Waals surface area contributed by atoms with Crippen LogP contribution in [0.2, 0.25) is 0 Å². The number of nitrogens with zero attached hydrogens (tertiary/aromatic N) is 3. The lowest BCUT2D eigenvalue weighted by Crippen LogP contribution is -2.65. The summed E-state index contributed by atoms with van der Waals surface area (Å²) in [5.41, 5.74) is -1.81. The Morgan fingerprint density at radius 2 is 0.621 bits per heavy atom. The lowest BCUT2D eigenvalue weighted by molar-refractivity contribution is -0.138. The highest BCUT2D eigenvalue weighted by molar-refractivity contribution is 7.34. The van der Waals surface area contributed by atoms with E-state index >= 15 is 39.5 Å². The van der Waals surface area contributed by atoms with Crippen molar-refractivity contribution in [3.05, 3.63) is 216 Å². The SMILES string of the molecule is FC(F)(F)c1cc2c3c(c1)N(c1ccccc1)c1cc4c(cc1B3c1cc3c(cc1O2)N(c1ccccc1)c1cc(C(F)(F)F)cc2c1B3c1sc3ccc(C(F)(F)F)cc3c1O2)B1c2sc3ccc(C(F)(F)F)cc3c2Oc2cc(C(F)(F)F)cc(c21)N4c1ccccc1. The van der Waals surface area contributed by atoms with Crippen LogP contribution in [0.4, 0.5) is 117 Å². The molecular weight excluding hydrogens is 1300 g/mol. The summed E-state index contributed by atoms with van der Waals surface area (Å²) >= 11 is 2.15. The lowest BCUT2D eigenvalue weighted by atomic mass is 9.30. The van der Waals surface area contributed by atoms with E-state index in [4.69, 9.17) is 14.2 Å². The molecule has 0 amide bonds. The molecule has 0 unspecified atom stereocenters. The number of thiophene rings is 2. The Hall–Kier alpha value is -9.94. The number of fused-ring (bicyclic) bond motifs is 16. The molecule has 0 saturated heterocycles. The van der Waals surface area contributed by atoms with Gasteiger partial charge >= 0.3 is 30.9 Å². The van der Waals surface area contributed by atoms with Crippen molar-refractivity contribution >= 4 is 162 Å². The second-order valence-corrected chi connectivity index (χ2v) is 25.9. The minimum absolute atomic E-state index is 0.0126. The molecule has 8 heterocycles. The van der Waals surface area contributed by atoms with E-state index in [0.717, 1.165) is 83.3 Å². The van der Waals surface area contributed by atoms with Crippen molar-refractivity contribution in [2.75, 3.05) is 14.7 Å². The third kappa shape index (κ3) is 8.50. The third-order valence-electron chi connectivity index (χ3n) is 18.4. The van der Waals surface area contributed by atoms with Crippen LogP contribution < -0.4 is 76.7 Å². The van der Waals surface area contributed by atoms with Crippen LogP contribution in [0.1, 0.15) is 27.8 Å². The van der Waals surface area contributed by atoms with E-state index in [1.807, 2.05) is 6.07 Å². The topological polar surface area (TPSA) is 37.4 Å². The average molecular weight is 1330 g/mol. The monoisotopic (exact) mass is 1330 g/mol. The molecule has 0 spiro atoms. The third-order valence-corrected chi connectivity index (χ3v) is 20.9. The summed E-state index contributed by atoms with van der Waals surface area (Å²) in [6, 6.07) is 43.2. The summed E-state index contributed by atoms with van der Waals surface area (Å²) in [4.78, 5) is 4.74. The molecule has 6 aliphatic heterocycles. The first kappa shape index (κ1) is 57.7. The summed E-state index contributed by atoms with van der Waals surface area (Å²) in [6.07, 6.45) is -24.7. The van der Waals surface area contributed by atoms with Gasteiger partial charge in [-0.25, -0.2) is 0 Å². The van der Waals surface area contributed by atoms with Gasteiger partial charge in [-0.05, 0) is 154 Å². The van der Waals surface area contributed by atoms with Gasteiger partial charge in [0, 0.05) is 87.0 Å². The molecule has 95 heavy (non-hydrogen) atoms. The Balaban J connectivity index is 0.959. The van der Waals surface area contributed by atoms with Gasteiger partial charge in [0.05, 0.1) is 27.8 Å². The molecule has 0 fully saturated rings. The van der Waals surface area contributed by atoms with Crippen molar-refractivity contribution < 1.29 is 80.1 Å². The van der Waals surface area contributed by atoms with Gasteiger partial charge in [0.25, 0.3) is 20.1 Å². The van der Waals surface area contributed by atoms with E-state index in [1.54, 1.807) is 118 Å². The van der Waals surface area contributed by atoms with Crippen molar-refractivity contribution in [1.82, 2.24) is 0 Å². The van der Waals surface area contributed by atoms with Crippen LogP contribution in [0.5, 0.6) is 34.5 Å². The van der Waals surface area contributed by atoms with Crippen molar-refractivity contribution in [1.29, 1.82) is 0 Å². The summed E-state index contributed by atoms with van der Waals surface area (Å²) in [5, 5.41) is -0.0464. The highest BCUT2D eigenvalue weighted by Gasteiger charge is 2.53. The quantitative estimate of drug-likeness (QED) is 0.130. The van der Waals surface area contributed by atoms with Crippen LogP contribution in [0.3, 0.4) is 0 Å². The molecule has 0 aliphatic carbocycles. The standard InChI is InChI=1S/C69H31B3F15N3O3S2/c73-65(74,75)32-16-18-56-40(20-32)61-63(94-56)71-43-28-42-46(30-47(43)89(38-12-6-2-7-13-38)50-23-35(68(82,83)84)26-54(92-61)59(50)71)88(37-10-4-1-5-11-37)49-22-34(67(79,80)81)25-53-58(49)70(42)45-29-44-48(31-52(45)91-53)90(39-14-8-3-9-15-39)51-24-36(69(85,86)87)27-55-60(51)72(44)64-62(93-55)41-21-33(66(76,77)78)17-19-57(41)95-64/h1-31H. The van der Waals surface area contributed by atoms with Crippen LogP contribution in [0.25, 0.3) is 20.2 Å². The molecule has 10 aromatic carbocycles. The van der Waals surface area contributed by atoms with E-state index < -0.39 is 78.8 Å². The van der Waals surface area contributed by atoms with Crippen molar-refractivity contribution in [2.24, 2.45) is 0 Å². The predicted molar refractivity (Wildman–Crippen MR) is 340 cm³/mol. The number of para-hydroxylation sites is 3. The van der Waals surface area contributed by atoms with Gasteiger partial charge in [-0.15, -0.1) is 22.7 Å². The Morgan fingerprint density at radius 1 is 0.284 bits per heavy atom. The maximum Gasteiger partial charge on any atom is 0.416 e. The zero-order valence-electron chi connectivity index (χ0n) is 47.7. The second kappa shape index (κ2) is 19.4. The Morgan fingerprint density at radius 3 is 1.00 bits per heavy atom. The normalized spacial score (nSPS) is 14.8. The fourth-order valence-electron chi connectivity index (χ4n) is 14.6. The summed E-state index contributed by atoms with van der Waals surface area (Å²) < 4.78 is 248. The van der Waals surface area contributed by atoms with Gasteiger partial charge in [0.1, 0.15) is 34.5 Å². The summed E-state index contributed by atoms with van der Waals surface area (Å²) in [5.74, 6) is -1.16. The molecule has 18 rings (SSSR count). The molecule has 466 valence electrons. The molecule has 6 aliphatic rings. The molecule has 0 bridgehead atoms. The minimum atomic E-state index is -5.03. The highest BCUT2D eigenvalue weighted by atomic mass is 32.1. The van der Waals surface area contributed by atoms with Crippen LogP contribution in [0, 0.1) is 0 Å². The number of hydrogen-bond donors (Lipinski definition) is 0. The van der Waals surface area contributed by atoms with E-state index in [9.17, 15) is 26.3 Å². The molecule has 0 N–H and O–H groups in total. The molecule has 0 atom stereocenters. The average Bonchev–Trinajstić information content (AvgIpc) is 1.54. The predicted octanol–water partition coefficient (Wildman–Crippen LogP) is 16.4. The molecule has 0 saturated carbocycles. The largest absolute Gasteiger partial charge is 0.458 e. The molecule has 2 aromatic heterocycles.